The summed E-state index contributed by atoms with van der Waals surface area (Å²) >= 11 is 0. The Hall–Kier alpha value is -0.870. The fraction of sp³-hybridized carbons (Fsp3) is 0.750. The highest BCUT2D eigenvalue weighted by atomic mass is 16.5. The lowest BCUT2D eigenvalue weighted by Crippen LogP contribution is -2.29. The number of aromatic nitrogens is 1. The van der Waals surface area contributed by atoms with Gasteiger partial charge in [-0.2, -0.15) is 0 Å². The summed E-state index contributed by atoms with van der Waals surface area (Å²) in [5.74, 6) is 0.944. The zero-order valence-corrected chi connectivity index (χ0v) is 10.8. The molecule has 0 fully saturated rings. The number of rotatable bonds is 7. The van der Waals surface area contributed by atoms with Gasteiger partial charge >= 0.3 is 0 Å². The maximum atomic E-state index is 5.30. The first kappa shape index (κ1) is 13.2. The number of hydrogen-bond donors (Lipinski definition) is 1. The topological polar surface area (TPSA) is 41.3 Å². The van der Waals surface area contributed by atoms with Crippen LogP contribution in [0, 0.1) is 0 Å². The largest absolute Gasteiger partial charge is 0.360 e. The zero-order chi connectivity index (χ0) is 12.0. The molecule has 0 radical (unpaired) electrons. The third kappa shape index (κ3) is 3.61. The van der Waals surface area contributed by atoms with Crippen LogP contribution in [0.15, 0.2) is 10.6 Å². The van der Waals surface area contributed by atoms with Gasteiger partial charge in [0.05, 0.1) is 12.2 Å². The molecule has 4 nitrogen and oxygen atoms in total. The van der Waals surface area contributed by atoms with Gasteiger partial charge in [0.25, 0.3) is 0 Å². The first-order chi connectivity index (χ1) is 7.71. The van der Waals surface area contributed by atoms with Crippen molar-refractivity contribution in [1.29, 1.82) is 0 Å². The van der Waals surface area contributed by atoms with Gasteiger partial charge in [-0.3, -0.25) is 4.90 Å². The Morgan fingerprint density at radius 3 is 2.69 bits per heavy atom. The van der Waals surface area contributed by atoms with Crippen LogP contribution < -0.4 is 5.32 Å². The summed E-state index contributed by atoms with van der Waals surface area (Å²) in [4.78, 5) is 2.32. The van der Waals surface area contributed by atoms with E-state index in [1.165, 1.54) is 12.8 Å². The minimum atomic E-state index is 0.623. The molecule has 16 heavy (non-hydrogen) atoms. The third-order valence-corrected chi connectivity index (χ3v) is 2.94. The van der Waals surface area contributed by atoms with E-state index in [1.54, 1.807) is 0 Å². The summed E-state index contributed by atoms with van der Waals surface area (Å²) in [5, 5.41) is 7.07. The second-order valence-corrected chi connectivity index (χ2v) is 4.20. The molecule has 0 aromatic carbocycles. The lowest BCUT2D eigenvalue weighted by atomic mass is 10.1. The van der Waals surface area contributed by atoms with Gasteiger partial charge < -0.3 is 9.84 Å². The molecule has 0 aliphatic rings. The van der Waals surface area contributed by atoms with E-state index in [1.807, 2.05) is 13.1 Å². The summed E-state index contributed by atoms with van der Waals surface area (Å²) in [7, 11) is 4.04. The van der Waals surface area contributed by atoms with E-state index in [9.17, 15) is 0 Å². The summed E-state index contributed by atoms with van der Waals surface area (Å²) in [5.41, 5.74) is 0.968. The van der Waals surface area contributed by atoms with Gasteiger partial charge in [0.15, 0.2) is 5.76 Å². The maximum absolute atomic E-state index is 5.30. The van der Waals surface area contributed by atoms with E-state index < -0.39 is 0 Å². The third-order valence-electron chi connectivity index (χ3n) is 2.94. The highest BCUT2D eigenvalue weighted by Gasteiger charge is 2.13. The van der Waals surface area contributed by atoms with Crippen LogP contribution >= 0.6 is 0 Å². The first-order valence-corrected chi connectivity index (χ1v) is 6.00. The fourth-order valence-corrected chi connectivity index (χ4v) is 1.98. The van der Waals surface area contributed by atoms with E-state index in [0.717, 1.165) is 24.5 Å². The minimum Gasteiger partial charge on any atom is -0.360 e. The van der Waals surface area contributed by atoms with Crippen LogP contribution in [0.3, 0.4) is 0 Å². The van der Waals surface area contributed by atoms with Crippen molar-refractivity contribution < 1.29 is 4.52 Å². The van der Waals surface area contributed by atoms with Gasteiger partial charge in [0.1, 0.15) is 0 Å². The molecule has 4 heteroatoms. The van der Waals surface area contributed by atoms with Crippen LogP contribution in [0.4, 0.5) is 0 Å². The summed E-state index contributed by atoms with van der Waals surface area (Å²) in [6.07, 6.45) is 2.34. The molecule has 1 N–H and O–H groups in total. The quantitative estimate of drug-likeness (QED) is 0.770. The highest BCUT2D eigenvalue weighted by molar-refractivity contribution is 5.05. The van der Waals surface area contributed by atoms with E-state index in [2.05, 4.69) is 36.3 Å². The van der Waals surface area contributed by atoms with E-state index >= 15 is 0 Å². The molecule has 92 valence electrons. The van der Waals surface area contributed by atoms with Crippen LogP contribution in [0.25, 0.3) is 0 Å². The predicted molar refractivity (Wildman–Crippen MR) is 65.1 cm³/mol. The molecule has 0 unspecified atom stereocenters. The second-order valence-electron chi connectivity index (χ2n) is 4.20. The average molecular weight is 225 g/mol. The second kappa shape index (κ2) is 6.66. The van der Waals surface area contributed by atoms with Crippen molar-refractivity contribution in [1.82, 2.24) is 15.4 Å². The van der Waals surface area contributed by atoms with Crippen molar-refractivity contribution >= 4 is 0 Å². The average Bonchev–Trinajstić information content (AvgIpc) is 2.68. The number of hydrogen-bond acceptors (Lipinski definition) is 4. The lowest BCUT2D eigenvalue weighted by molar-refractivity contribution is 0.197. The van der Waals surface area contributed by atoms with E-state index in [0.29, 0.717) is 6.04 Å². The maximum Gasteiger partial charge on any atom is 0.151 e. The normalized spacial score (nSPS) is 11.6. The Morgan fingerprint density at radius 2 is 2.12 bits per heavy atom. The smallest absolute Gasteiger partial charge is 0.151 e. The zero-order valence-electron chi connectivity index (χ0n) is 10.8. The van der Waals surface area contributed by atoms with Crippen molar-refractivity contribution in [2.75, 3.05) is 14.1 Å². The Labute approximate surface area is 98.0 Å². The van der Waals surface area contributed by atoms with Gasteiger partial charge in [-0.25, -0.2) is 0 Å². The van der Waals surface area contributed by atoms with Crippen LogP contribution in [-0.4, -0.2) is 30.2 Å². The Balaban J connectivity index is 2.51. The van der Waals surface area contributed by atoms with Crippen molar-refractivity contribution in [2.45, 2.75) is 45.8 Å². The molecule has 1 aromatic rings. The number of nitrogens with one attached hydrogen (secondary N) is 1. The molecule has 1 rings (SSSR count). The van der Waals surface area contributed by atoms with Crippen LogP contribution in [0.5, 0.6) is 0 Å². The van der Waals surface area contributed by atoms with Crippen molar-refractivity contribution in [3.63, 3.8) is 0 Å². The molecule has 1 aromatic heterocycles. The molecule has 0 spiro atoms. The number of nitrogens with zero attached hydrogens (tertiary/aromatic N) is 2. The Morgan fingerprint density at radius 1 is 1.44 bits per heavy atom. The summed E-state index contributed by atoms with van der Waals surface area (Å²) in [6.45, 7) is 6.04. The Bertz CT molecular complexity index is 294. The Kier molecular flexibility index (Phi) is 5.49. The standard InChI is InChI=1S/C12H23N3O/c1-5-11(6-2)15(4)9-12-7-10(8-13-3)14-16-12/h7,11,13H,5-6,8-9H2,1-4H3. The lowest BCUT2D eigenvalue weighted by Gasteiger charge is -2.24. The minimum absolute atomic E-state index is 0.623. The highest BCUT2D eigenvalue weighted by Crippen LogP contribution is 2.12. The fourth-order valence-electron chi connectivity index (χ4n) is 1.98. The van der Waals surface area contributed by atoms with Crippen molar-refractivity contribution in [3.05, 3.63) is 17.5 Å². The molecule has 0 atom stereocenters. The van der Waals surface area contributed by atoms with Crippen molar-refractivity contribution in [2.24, 2.45) is 0 Å². The van der Waals surface area contributed by atoms with Crippen LogP contribution in [0.2, 0.25) is 0 Å². The predicted octanol–water partition coefficient (Wildman–Crippen LogP) is 2.01. The van der Waals surface area contributed by atoms with Crippen LogP contribution in [-0.2, 0) is 13.1 Å². The molecular weight excluding hydrogens is 202 g/mol. The molecule has 0 bridgehead atoms. The van der Waals surface area contributed by atoms with Crippen molar-refractivity contribution in [3.8, 4) is 0 Å². The van der Waals surface area contributed by atoms with Crippen LogP contribution in [0.1, 0.15) is 38.1 Å². The van der Waals surface area contributed by atoms with E-state index in [-0.39, 0.29) is 0 Å². The molecule has 0 amide bonds. The van der Waals surface area contributed by atoms with Gasteiger partial charge in [0.2, 0.25) is 0 Å². The molecule has 1 heterocycles. The van der Waals surface area contributed by atoms with Gasteiger partial charge in [-0.1, -0.05) is 19.0 Å². The molecule has 0 saturated carbocycles. The van der Waals surface area contributed by atoms with Gasteiger partial charge in [-0.05, 0) is 26.9 Å². The summed E-state index contributed by atoms with van der Waals surface area (Å²) < 4.78 is 5.30. The molecule has 0 aliphatic carbocycles. The molecular formula is C12H23N3O. The monoisotopic (exact) mass is 225 g/mol. The van der Waals surface area contributed by atoms with Gasteiger partial charge in [-0.15, -0.1) is 0 Å². The molecule has 0 aliphatic heterocycles. The SMILES string of the molecule is CCC(CC)N(C)Cc1cc(CNC)no1. The van der Waals surface area contributed by atoms with E-state index in [4.69, 9.17) is 4.52 Å². The first-order valence-electron chi connectivity index (χ1n) is 6.00. The molecule has 0 saturated heterocycles. The summed E-state index contributed by atoms with van der Waals surface area (Å²) in [6, 6.07) is 2.65. The van der Waals surface area contributed by atoms with Gasteiger partial charge in [0, 0.05) is 18.7 Å².